The van der Waals surface area contributed by atoms with Crippen molar-refractivity contribution in [2.45, 2.75) is 20.4 Å². The van der Waals surface area contributed by atoms with Crippen LogP contribution in [0.2, 0.25) is 0 Å². The van der Waals surface area contributed by atoms with Crippen LogP contribution in [-0.2, 0) is 6.54 Å². The van der Waals surface area contributed by atoms with Crippen LogP contribution >= 0.6 is 0 Å². The number of hydrogen-bond acceptors (Lipinski definition) is 4. The van der Waals surface area contributed by atoms with Crippen LogP contribution in [0.3, 0.4) is 0 Å². The number of carbonyl (C=O) groups excluding carboxylic acids is 1. The standard InChI is InChI=1S/C22H27N5O2/c1-3-27-20-8-6-5-7-19(20)24-21(27)25-13-15-26(16-14-25)22(28)23-17-9-11-18(12-10-17)29-4-2/h5-12H,3-4,13-16H2,1-2H3,(H,23,28). The van der Waals surface area contributed by atoms with Crippen molar-refractivity contribution in [2.75, 3.05) is 43.0 Å². The van der Waals surface area contributed by atoms with Crippen LogP contribution in [0.5, 0.6) is 5.75 Å². The summed E-state index contributed by atoms with van der Waals surface area (Å²) in [6.07, 6.45) is 0. The number of amides is 2. The van der Waals surface area contributed by atoms with Gasteiger partial charge in [-0.2, -0.15) is 0 Å². The van der Waals surface area contributed by atoms with Gasteiger partial charge in [0, 0.05) is 38.4 Å². The molecule has 4 rings (SSSR count). The second-order valence-corrected chi connectivity index (χ2v) is 7.01. The molecule has 3 aromatic rings. The van der Waals surface area contributed by atoms with Crippen LogP contribution in [0.1, 0.15) is 13.8 Å². The fraction of sp³-hybridized carbons (Fsp3) is 0.364. The van der Waals surface area contributed by atoms with Crippen molar-refractivity contribution in [1.82, 2.24) is 14.5 Å². The molecule has 7 heteroatoms. The van der Waals surface area contributed by atoms with E-state index in [-0.39, 0.29) is 6.03 Å². The molecule has 152 valence electrons. The number of nitrogens with zero attached hydrogens (tertiary/aromatic N) is 4. The van der Waals surface area contributed by atoms with Crippen LogP contribution in [0, 0.1) is 0 Å². The van der Waals surface area contributed by atoms with Crippen LogP contribution in [0.4, 0.5) is 16.4 Å². The van der Waals surface area contributed by atoms with Crippen molar-refractivity contribution in [2.24, 2.45) is 0 Å². The number of imidazole rings is 1. The lowest BCUT2D eigenvalue weighted by Crippen LogP contribution is -2.50. The highest BCUT2D eigenvalue weighted by molar-refractivity contribution is 5.89. The number of aromatic nitrogens is 2. The van der Waals surface area contributed by atoms with Crippen LogP contribution in [0.25, 0.3) is 11.0 Å². The minimum atomic E-state index is -0.0715. The van der Waals surface area contributed by atoms with E-state index in [4.69, 9.17) is 9.72 Å². The topological polar surface area (TPSA) is 62.6 Å². The summed E-state index contributed by atoms with van der Waals surface area (Å²) >= 11 is 0. The predicted octanol–water partition coefficient (Wildman–Crippen LogP) is 3.81. The van der Waals surface area contributed by atoms with Crippen molar-refractivity contribution in [3.63, 3.8) is 0 Å². The molecule has 1 aliphatic rings. The van der Waals surface area contributed by atoms with E-state index < -0.39 is 0 Å². The maximum atomic E-state index is 12.6. The Balaban J connectivity index is 1.38. The number of urea groups is 1. The molecule has 2 amide bonds. The summed E-state index contributed by atoms with van der Waals surface area (Å²) in [4.78, 5) is 21.6. The molecule has 1 saturated heterocycles. The normalized spacial score (nSPS) is 14.3. The molecule has 0 unspecified atom stereocenters. The lowest BCUT2D eigenvalue weighted by molar-refractivity contribution is 0.208. The number of nitrogens with one attached hydrogen (secondary N) is 1. The van der Waals surface area contributed by atoms with Gasteiger partial charge in [-0.1, -0.05) is 12.1 Å². The zero-order valence-electron chi connectivity index (χ0n) is 17.0. The average molecular weight is 393 g/mol. The molecule has 2 aromatic carbocycles. The first kappa shape index (κ1) is 19.1. The number of carbonyl (C=O) groups is 1. The van der Waals surface area contributed by atoms with Gasteiger partial charge in [0.2, 0.25) is 5.95 Å². The van der Waals surface area contributed by atoms with Crippen LogP contribution < -0.4 is 15.0 Å². The minimum absolute atomic E-state index is 0.0715. The second-order valence-electron chi connectivity index (χ2n) is 7.01. The van der Waals surface area contributed by atoms with Gasteiger partial charge in [-0.15, -0.1) is 0 Å². The van der Waals surface area contributed by atoms with E-state index in [0.717, 1.165) is 48.1 Å². The Bertz CT molecular complexity index is 975. The Kier molecular flexibility index (Phi) is 5.55. The maximum Gasteiger partial charge on any atom is 0.321 e. The van der Waals surface area contributed by atoms with Gasteiger partial charge in [0.05, 0.1) is 17.6 Å². The molecule has 29 heavy (non-hydrogen) atoms. The summed E-state index contributed by atoms with van der Waals surface area (Å²) in [5.41, 5.74) is 2.94. The Morgan fingerprint density at radius 2 is 1.76 bits per heavy atom. The molecule has 0 aliphatic carbocycles. The van der Waals surface area contributed by atoms with Crippen LogP contribution in [-0.4, -0.2) is 53.3 Å². The minimum Gasteiger partial charge on any atom is -0.494 e. The average Bonchev–Trinajstić information content (AvgIpc) is 3.14. The van der Waals surface area contributed by atoms with Gasteiger partial charge in [-0.25, -0.2) is 9.78 Å². The molecule has 1 N–H and O–H groups in total. The molecular weight excluding hydrogens is 366 g/mol. The fourth-order valence-electron chi connectivity index (χ4n) is 3.73. The highest BCUT2D eigenvalue weighted by Gasteiger charge is 2.24. The maximum absolute atomic E-state index is 12.6. The highest BCUT2D eigenvalue weighted by atomic mass is 16.5. The Labute approximate surface area is 170 Å². The van der Waals surface area contributed by atoms with Crippen molar-refractivity contribution >= 4 is 28.7 Å². The van der Waals surface area contributed by atoms with E-state index in [2.05, 4.69) is 27.8 Å². The van der Waals surface area contributed by atoms with E-state index >= 15 is 0 Å². The molecule has 1 aliphatic heterocycles. The molecule has 2 heterocycles. The van der Waals surface area contributed by atoms with Crippen LogP contribution in [0.15, 0.2) is 48.5 Å². The molecule has 0 atom stereocenters. The molecule has 1 fully saturated rings. The molecule has 0 radical (unpaired) electrons. The highest BCUT2D eigenvalue weighted by Crippen LogP contribution is 2.24. The molecule has 7 nitrogen and oxygen atoms in total. The van der Waals surface area contributed by atoms with Crippen molar-refractivity contribution in [1.29, 1.82) is 0 Å². The van der Waals surface area contributed by atoms with E-state index in [1.54, 1.807) is 0 Å². The van der Waals surface area contributed by atoms with E-state index in [1.165, 1.54) is 0 Å². The van der Waals surface area contributed by atoms with Crippen molar-refractivity contribution < 1.29 is 9.53 Å². The van der Waals surface area contributed by atoms with E-state index in [0.29, 0.717) is 19.7 Å². The molecule has 1 aromatic heterocycles. The third-order valence-electron chi connectivity index (χ3n) is 5.22. The Morgan fingerprint density at radius 1 is 1.03 bits per heavy atom. The predicted molar refractivity (Wildman–Crippen MR) is 116 cm³/mol. The van der Waals surface area contributed by atoms with E-state index in [9.17, 15) is 4.79 Å². The number of fused-ring (bicyclic) bond motifs is 1. The Hall–Kier alpha value is -3.22. The lowest BCUT2D eigenvalue weighted by Gasteiger charge is -2.35. The Morgan fingerprint density at radius 3 is 2.45 bits per heavy atom. The van der Waals surface area contributed by atoms with Gasteiger partial charge in [0.25, 0.3) is 0 Å². The molecule has 0 saturated carbocycles. The fourth-order valence-corrected chi connectivity index (χ4v) is 3.73. The van der Waals surface area contributed by atoms with Gasteiger partial charge >= 0.3 is 6.03 Å². The largest absolute Gasteiger partial charge is 0.494 e. The summed E-state index contributed by atoms with van der Waals surface area (Å²) in [5.74, 6) is 1.79. The first-order valence-corrected chi connectivity index (χ1v) is 10.2. The van der Waals surface area contributed by atoms with Gasteiger partial charge in [-0.05, 0) is 50.2 Å². The third-order valence-corrected chi connectivity index (χ3v) is 5.22. The van der Waals surface area contributed by atoms with Gasteiger partial charge < -0.3 is 24.4 Å². The first-order chi connectivity index (χ1) is 14.2. The number of anilines is 2. The molecule has 0 spiro atoms. The summed E-state index contributed by atoms with van der Waals surface area (Å²) in [6.45, 7) is 8.44. The number of aryl methyl sites for hydroxylation is 1. The smallest absolute Gasteiger partial charge is 0.321 e. The number of para-hydroxylation sites is 2. The zero-order valence-corrected chi connectivity index (χ0v) is 17.0. The number of rotatable bonds is 5. The summed E-state index contributed by atoms with van der Waals surface area (Å²) in [6, 6.07) is 15.6. The second kappa shape index (κ2) is 8.43. The van der Waals surface area contributed by atoms with Crippen molar-refractivity contribution in [3.8, 4) is 5.75 Å². The third kappa shape index (κ3) is 3.99. The van der Waals surface area contributed by atoms with E-state index in [1.807, 2.05) is 54.3 Å². The van der Waals surface area contributed by atoms with Gasteiger partial charge in [0.15, 0.2) is 0 Å². The summed E-state index contributed by atoms with van der Waals surface area (Å²) in [7, 11) is 0. The summed E-state index contributed by atoms with van der Waals surface area (Å²) in [5, 5.41) is 2.97. The van der Waals surface area contributed by atoms with Gasteiger partial charge in [-0.3, -0.25) is 0 Å². The first-order valence-electron chi connectivity index (χ1n) is 10.2. The lowest BCUT2D eigenvalue weighted by atomic mass is 10.3. The monoisotopic (exact) mass is 393 g/mol. The molecular formula is C22H27N5O2. The summed E-state index contributed by atoms with van der Waals surface area (Å²) < 4.78 is 7.68. The molecule has 0 bridgehead atoms. The van der Waals surface area contributed by atoms with Crippen molar-refractivity contribution in [3.05, 3.63) is 48.5 Å². The van der Waals surface area contributed by atoms with Gasteiger partial charge in [0.1, 0.15) is 5.75 Å². The number of piperazine rings is 1. The number of hydrogen-bond donors (Lipinski definition) is 1. The number of ether oxygens (including phenoxy) is 1. The quantitative estimate of drug-likeness (QED) is 0.716. The zero-order chi connectivity index (χ0) is 20.2. The number of benzene rings is 2. The SMILES string of the molecule is CCOc1ccc(NC(=O)N2CCN(c3nc4ccccc4n3CC)CC2)cc1.